The Bertz CT molecular complexity index is 601. The summed E-state index contributed by atoms with van der Waals surface area (Å²) in [5.41, 5.74) is -0.217. The molecule has 0 aromatic carbocycles. The van der Waals surface area contributed by atoms with Crippen LogP contribution in [-0.2, 0) is 19.2 Å². The van der Waals surface area contributed by atoms with Gasteiger partial charge in [0.15, 0.2) is 5.15 Å². The Balaban J connectivity index is 2.06. The number of ether oxygens (including phenoxy) is 1. The summed E-state index contributed by atoms with van der Waals surface area (Å²) < 4.78 is 13.2. The van der Waals surface area contributed by atoms with Crippen molar-refractivity contribution in [3.8, 4) is 0 Å². The van der Waals surface area contributed by atoms with Crippen LogP contribution >= 0.6 is 23.3 Å². The van der Waals surface area contributed by atoms with Crippen molar-refractivity contribution >= 4 is 40.8 Å². The van der Waals surface area contributed by atoms with Gasteiger partial charge in [-0.05, 0) is 13.3 Å². The largest absolute Gasteiger partial charge is 0.436 e. The van der Waals surface area contributed by atoms with Crippen molar-refractivity contribution in [3.63, 3.8) is 0 Å². The molecule has 9 heteroatoms. The van der Waals surface area contributed by atoms with E-state index in [0.717, 1.165) is 11.7 Å². The number of hydroxylamine groups is 2. The molecule has 2 aliphatic rings. The van der Waals surface area contributed by atoms with E-state index < -0.39 is 17.7 Å². The highest BCUT2D eigenvalue weighted by atomic mass is 35.5. The summed E-state index contributed by atoms with van der Waals surface area (Å²) in [4.78, 5) is 27.6. The first kappa shape index (κ1) is 12.5. The zero-order valence-electron chi connectivity index (χ0n) is 9.75. The second-order valence-electron chi connectivity index (χ2n) is 4.16. The van der Waals surface area contributed by atoms with Crippen LogP contribution in [0.4, 0.5) is 0 Å². The molecule has 1 atom stereocenters. The third-order valence-electron chi connectivity index (χ3n) is 3.01. The highest BCUT2D eigenvalue weighted by Crippen LogP contribution is 2.40. The maximum Gasteiger partial charge on any atom is 0.436 e. The van der Waals surface area contributed by atoms with Gasteiger partial charge in [-0.25, -0.2) is 9.59 Å². The molecule has 1 aromatic rings. The third-order valence-corrected chi connectivity index (χ3v) is 3.90. The van der Waals surface area contributed by atoms with Crippen LogP contribution in [0, 0.1) is 0 Å². The molecular weight excluding hydrogens is 294 g/mol. The number of aromatic nitrogens is 2. The highest BCUT2D eigenvalue weighted by molar-refractivity contribution is 6.99. The predicted molar refractivity (Wildman–Crippen MR) is 64.8 cm³/mol. The monoisotopic (exact) mass is 301 g/mol. The third kappa shape index (κ3) is 1.83. The lowest BCUT2D eigenvalue weighted by Crippen LogP contribution is -2.58. The van der Waals surface area contributed by atoms with E-state index in [-0.39, 0.29) is 5.15 Å². The Morgan fingerprint density at radius 3 is 2.89 bits per heavy atom. The van der Waals surface area contributed by atoms with Gasteiger partial charge in [-0.2, -0.15) is 8.75 Å². The summed E-state index contributed by atoms with van der Waals surface area (Å²) in [6.45, 7) is 2.05. The van der Waals surface area contributed by atoms with E-state index in [2.05, 4.69) is 8.75 Å². The Hall–Kier alpha value is -1.51. The number of esters is 1. The number of carbonyl (C=O) groups is 2. The summed E-state index contributed by atoms with van der Waals surface area (Å²) in [5.74, 6) is -2.06. The molecule has 0 saturated carbocycles. The smallest absolute Gasteiger partial charge is 0.428 e. The van der Waals surface area contributed by atoms with E-state index in [1.807, 2.05) is 6.08 Å². The van der Waals surface area contributed by atoms with Gasteiger partial charge in [-0.1, -0.05) is 22.7 Å². The predicted octanol–water partition coefficient (Wildman–Crippen LogP) is 1.01. The molecule has 7 nitrogen and oxygen atoms in total. The summed E-state index contributed by atoms with van der Waals surface area (Å²) in [5, 5.41) is 1.55. The van der Waals surface area contributed by atoms with E-state index in [4.69, 9.17) is 21.2 Å². The van der Waals surface area contributed by atoms with E-state index in [0.29, 0.717) is 24.2 Å². The van der Waals surface area contributed by atoms with E-state index in [1.54, 1.807) is 6.92 Å². The van der Waals surface area contributed by atoms with Crippen molar-refractivity contribution in [3.05, 3.63) is 16.9 Å². The molecular formula is C10H8ClN3O4S. The fourth-order valence-corrected chi connectivity index (χ4v) is 2.87. The van der Waals surface area contributed by atoms with Crippen molar-refractivity contribution in [1.29, 1.82) is 0 Å². The number of hydrogen-bond donors (Lipinski definition) is 0. The summed E-state index contributed by atoms with van der Waals surface area (Å²) in [6, 6.07) is 0. The zero-order valence-corrected chi connectivity index (χ0v) is 11.3. The fourth-order valence-electron chi connectivity index (χ4n) is 2.12. The van der Waals surface area contributed by atoms with Gasteiger partial charge < -0.3 is 9.57 Å². The van der Waals surface area contributed by atoms with Crippen LogP contribution in [0.15, 0.2) is 6.08 Å². The number of nitrogens with zero attached hydrogens (tertiary/aromatic N) is 3. The van der Waals surface area contributed by atoms with Crippen molar-refractivity contribution in [1.82, 2.24) is 13.8 Å². The molecule has 0 bridgehead atoms. The molecule has 19 heavy (non-hydrogen) atoms. The summed E-state index contributed by atoms with van der Waals surface area (Å²) in [7, 11) is 0. The highest BCUT2D eigenvalue weighted by Gasteiger charge is 2.51. The van der Waals surface area contributed by atoms with E-state index in [9.17, 15) is 9.59 Å². The van der Waals surface area contributed by atoms with Gasteiger partial charge in [0.2, 0.25) is 5.72 Å². The van der Waals surface area contributed by atoms with Gasteiger partial charge in [-0.3, -0.25) is 0 Å². The van der Waals surface area contributed by atoms with Gasteiger partial charge in [0, 0.05) is 12.1 Å². The van der Waals surface area contributed by atoms with Crippen LogP contribution in [0.5, 0.6) is 0 Å². The Morgan fingerprint density at radius 1 is 1.42 bits per heavy atom. The first-order chi connectivity index (χ1) is 9.02. The molecule has 1 saturated heterocycles. The minimum Gasteiger partial charge on any atom is -0.428 e. The minimum absolute atomic E-state index is 0.229. The van der Waals surface area contributed by atoms with E-state index >= 15 is 0 Å². The standard InChI is InChI=1S/C10H8ClN3O4S/c1-10-5(6-7(11)13-19-12-6)3-2-4-14(10)18-9(16)8(15)17-10/h3H,2,4H2,1H3. The molecule has 2 aliphatic heterocycles. The van der Waals surface area contributed by atoms with Crippen LogP contribution in [0.1, 0.15) is 19.0 Å². The first-order valence-electron chi connectivity index (χ1n) is 5.44. The van der Waals surface area contributed by atoms with Gasteiger partial charge in [-0.15, -0.1) is 0 Å². The van der Waals surface area contributed by atoms with Crippen LogP contribution in [0.3, 0.4) is 0 Å². The van der Waals surface area contributed by atoms with Crippen molar-refractivity contribution in [2.45, 2.75) is 19.1 Å². The van der Waals surface area contributed by atoms with Gasteiger partial charge in [0.05, 0.1) is 11.7 Å². The molecule has 3 heterocycles. The van der Waals surface area contributed by atoms with Crippen molar-refractivity contribution in [2.75, 3.05) is 6.54 Å². The lowest BCUT2D eigenvalue weighted by molar-refractivity contribution is -0.285. The average molecular weight is 302 g/mol. The number of rotatable bonds is 1. The second kappa shape index (κ2) is 4.26. The normalized spacial score (nSPS) is 27.4. The molecule has 1 fully saturated rings. The zero-order chi connectivity index (χ0) is 13.6. The lowest BCUT2D eigenvalue weighted by atomic mass is 9.96. The number of halogens is 1. The molecule has 3 rings (SSSR count). The summed E-state index contributed by atoms with van der Waals surface area (Å²) in [6.07, 6.45) is 2.47. The molecule has 0 aliphatic carbocycles. The molecule has 1 aromatic heterocycles. The molecule has 1 unspecified atom stereocenters. The Labute approximate surface area is 117 Å². The first-order valence-corrected chi connectivity index (χ1v) is 6.55. The maximum absolute atomic E-state index is 11.4. The molecule has 100 valence electrons. The van der Waals surface area contributed by atoms with Crippen LogP contribution < -0.4 is 0 Å². The number of hydrogen-bond acceptors (Lipinski definition) is 8. The quantitative estimate of drug-likeness (QED) is 0.565. The number of fused-ring (bicyclic) bond motifs is 1. The van der Waals surface area contributed by atoms with Crippen LogP contribution in [-0.4, -0.2) is 38.0 Å². The molecule has 0 N–H and O–H groups in total. The topological polar surface area (TPSA) is 81.6 Å². The van der Waals surface area contributed by atoms with Gasteiger partial charge in [0.1, 0.15) is 5.69 Å². The van der Waals surface area contributed by atoms with E-state index in [1.165, 1.54) is 5.06 Å². The lowest BCUT2D eigenvalue weighted by Gasteiger charge is -2.44. The molecule has 0 spiro atoms. The fraction of sp³-hybridized carbons (Fsp3) is 0.400. The molecule has 0 radical (unpaired) electrons. The SMILES string of the molecule is CC12OC(=O)C(=O)ON1CCC=C2c1nsnc1Cl. The minimum atomic E-state index is -1.22. The Morgan fingerprint density at radius 2 is 2.21 bits per heavy atom. The average Bonchev–Trinajstić information content (AvgIpc) is 2.76. The van der Waals surface area contributed by atoms with Crippen molar-refractivity contribution in [2.24, 2.45) is 0 Å². The summed E-state index contributed by atoms with van der Waals surface area (Å²) >= 11 is 6.92. The van der Waals surface area contributed by atoms with Crippen LogP contribution in [0.25, 0.3) is 5.57 Å². The van der Waals surface area contributed by atoms with Gasteiger partial charge >= 0.3 is 11.9 Å². The molecule has 0 amide bonds. The van der Waals surface area contributed by atoms with Crippen LogP contribution in [0.2, 0.25) is 5.15 Å². The Kier molecular flexibility index (Phi) is 2.80. The number of carbonyl (C=O) groups excluding carboxylic acids is 2. The van der Waals surface area contributed by atoms with Crippen molar-refractivity contribution < 1.29 is 19.2 Å². The van der Waals surface area contributed by atoms with Gasteiger partial charge in [0.25, 0.3) is 0 Å². The maximum atomic E-state index is 11.4. The second-order valence-corrected chi connectivity index (χ2v) is 5.05.